The largest absolute Gasteiger partial charge is 0.493 e. The zero-order valence-corrected chi connectivity index (χ0v) is 13.7. The van der Waals surface area contributed by atoms with Crippen molar-refractivity contribution in [3.63, 3.8) is 0 Å². The van der Waals surface area contributed by atoms with E-state index in [4.69, 9.17) is 0 Å². The van der Waals surface area contributed by atoms with Gasteiger partial charge in [-0.2, -0.15) is 9.78 Å². The van der Waals surface area contributed by atoms with Crippen molar-refractivity contribution in [3.8, 4) is 11.7 Å². The van der Waals surface area contributed by atoms with Gasteiger partial charge in [-0.25, -0.2) is 4.98 Å². The highest BCUT2D eigenvalue weighted by atomic mass is 16.3. The summed E-state index contributed by atoms with van der Waals surface area (Å²) in [5.41, 5.74) is 4.08. The van der Waals surface area contributed by atoms with Crippen molar-refractivity contribution in [2.24, 2.45) is 0 Å². The topological polar surface area (TPSA) is 54.2 Å². The fraction of sp³-hybridized carbons (Fsp3) is 0.263. The second-order valence-corrected chi connectivity index (χ2v) is 6.24. The van der Waals surface area contributed by atoms with Gasteiger partial charge >= 0.3 is 0 Å². The lowest BCUT2D eigenvalue weighted by Gasteiger charge is -2.26. The van der Waals surface area contributed by atoms with Crippen LogP contribution in [0.1, 0.15) is 22.5 Å². The third kappa shape index (κ3) is 2.78. The number of aromatic hydroxyl groups is 1. The molecule has 3 aromatic rings. The van der Waals surface area contributed by atoms with E-state index in [1.165, 1.54) is 5.56 Å². The number of nitrogens with zero attached hydrogens (tertiary/aromatic N) is 4. The number of benzene rings is 1. The zero-order chi connectivity index (χ0) is 16.5. The molecule has 3 heterocycles. The van der Waals surface area contributed by atoms with E-state index in [2.05, 4.69) is 39.2 Å². The molecule has 0 fully saturated rings. The Morgan fingerprint density at radius 2 is 1.92 bits per heavy atom. The summed E-state index contributed by atoms with van der Waals surface area (Å²) in [4.78, 5) is 6.80. The molecule has 0 amide bonds. The number of fused-ring (bicyclic) bond motifs is 1. The quantitative estimate of drug-likeness (QED) is 0.806. The van der Waals surface area contributed by atoms with Gasteiger partial charge in [-0.05, 0) is 24.6 Å². The SMILES string of the molecule is Cc1cccc(-n2nc3c(c2O)CN(Cc2ccccc2)CC3)n1. The molecule has 1 N–H and O–H groups in total. The van der Waals surface area contributed by atoms with Crippen LogP contribution in [0.4, 0.5) is 0 Å². The molecule has 4 rings (SSSR count). The first-order valence-electron chi connectivity index (χ1n) is 8.21. The fourth-order valence-corrected chi connectivity index (χ4v) is 3.20. The van der Waals surface area contributed by atoms with Crippen molar-refractivity contribution in [2.45, 2.75) is 26.4 Å². The average Bonchev–Trinajstić information content (AvgIpc) is 2.93. The Morgan fingerprint density at radius 3 is 2.71 bits per heavy atom. The van der Waals surface area contributed by atoms with E-state index in [9.17, 15) is 5.11 Å². The molecular formula is C19H20N4O. The Hall–Kier alpha value is -2.66. The maximum Gasteiger partial charge on any atom is 0.220 e. The van der Waals surface area contributed by atoms with Crippen molar-refractivity contribution in [3.05, 3.63) is 71.0 Å². The van der Waals surface area contributed by atoms with Gasteiger partial charge in [0.25, 0.3) is 0 Å². The van der Waals surface area contributed by atoms with Crippen LogP contribution in [-0.4, -0.2) is 31.3 Å². The van der Waals surface area contributed by atoms with Crippen LogP contribution >= 0.6 is 0 Å². The number of pyridine rings is 1. The molecule has 0 saturated carbocycles. The molecule has 1 aliphatic heterocycles. The molecule has 2 aromatic heterocycles. The van der Waals surface area contributed by atoms with E-state index in [-0.39, 0.29) is 5.88 Å². The summed E-state index contributed by atoms with van der Waals surface area (Å²) >= 11 is 0. The standard InChI is InChI=1S/C19H20N4O/c1-14-6-5-9-18(20-14)23-19(24)16-13-22(11-10-17(16)21-23)12-15-7-3-2-4-8-15/h2-9,24H,10-13H2,1H3. The van der Waals surface area contributed by atoms with Crippen LogP contribution in [0.5, 0.6) is 5.88 Å². The van der Waals surface area contributed by atoms with E-state index in [0.29, 0.717) is 12.4 Å². The third-order valence-electron chi connectivity index (χ3n) is 4.43. The summed E-state index contributed by atoms with van der Waals surface area (Å²) in [6.45, 7) is 4.47. The molecule has 0 aliphatic carbocycles. The summed E-state index contributed by atoms with van der Waals surface area (Å²) in [7, 11) is 0. The van der Waals surface area contributed by atoms with Crippen molar-refractivity contribution in [2.75, 3.05) is 6.54 Å². The number of hydrogen-bond acceptors (Lipinski definition) is 4. The highest BCUT2D eigenvalue weighted by molar-refractivity contribution is 5.39. The minimum atomic E-state index is 0.209. The van der Waals surface area contributed by atoms with E-state index < -0.39 is 0 Å². The number of aromatic nitrogens is 3. The maximum atomic E-state index is 10.6. The molecule has 5 nitrogen and oxygen atoms in total. The minimum absolute atomic E-state index is 0.209. The van der Waals surface area contributed by atoms with Crippen molar-refractivity contribution in [1.29, 1.82) is 0 Å². The van der Waals surface area contributed by atoms with Crippen LogP contribution in [0, 0.1) is 6.92 Å². The predicted octanol–water partition coefficient (Wildman–Crippen LogP) is 2.84. The lowest BCUT2D eigenvalue weighted by molar-refractivity contribution is 0.241. The normalized spacial score (nSPS) is 14.5. The summed E-state index contributed by atoms with van der Waals surface area (Å²) in [6.07, 6.45) is 0.842. The molecule has 0 bridgehead atoms. The summed E-state index contributed by atoms with van der Waals surface area (Å²) in [6, 6.07) is 16.2. The first kappa shape index (κ1) is 14.9. The molecule has 5 heteroatoms. The van der Waals surface area contributed by atoms with Gasteiger partial charge in [-0.1, -0.05) is 36.4 Å². The van der Waals surface area contributed by atoms with Gasteiger partial charge in [0.2, 0.25) is 5.88 Å². The van der Waals surface area contributed by atoms with E-state index >= 15 is 0 Å². The summed E-state index contributed by atoms with van der Waals surface area (Å²) < 4.78 is 1.56. The molecular weight excluding hydrogens is 300 g/mol. The second-order valence-electron chi connectivity index (χ2n) is 6.24. The van der Waals surface area contributed by atoms with Gasteiger partial charge in [-0.15, -0.1) is 0 Å². The Morgan fingerprint density at radius 1 is 1.08 bits per heavy atom. The highest BCUT2D eigenvalue weighted by Crippen LogP contribution is 2.29. The first-order valence-corrected chi connectivity index (χ1v) is 8.21. The van der Waals surface area contributed by atoms with Gasteiger partial charge in [0.15, 0.2) is 5.82 Å². The molecule has 1 aliphatic rings. The van der Waals surface area contributed by atoms with Crippen LogP contribution in [0.3, 0.4) is 0 Å². The Bertz CT molecular complexity index is 857. The van der Waals surface area contributed by atoms with Crippen molar-refractivity contribution < 1.29 is 5.11 Å². The van der Waals surface area contributed by atoms with Crippen LogP contribution in [-0.2, 0) is 19.5 Å². The molecule has 0 unspecified atom stereocenters. The predicted molar refractivity (Wildman–Crippen MR) is 92.0 cm³/mol. The summed E-state index contributed by atoms with van der Waals surface area (Å²) in [5.74, 6) is 0.873. The lowest BCUT2D eigenvalue weighted by atomic mass is 10.1. The lowest BCUT2D eigenvalue weighted by Crippen LogP contribution is -2.29. The van der Waals surface area contributed by atoms with Crippen LogP contribution in [0.25, 0.3) is 5.82 Å². The minimum Gasteiger partial charge on any atom is -0.493 e. The Kier molecular flexibility index (Phi) is 3.78. The molecule has 24 heavy (non-hydrogen) atoms. The maximum absolute atomic E-state index is 10.6. The van der Waals surface area contributed by atoms with Crippen molar-refractivity contribution >= 4 is 0 Å². The monoisotopic (exact) mass is 320 g/mol. The van der Waals surface area contributed by atoms with Crippen LogP contribution in [0.2, 0.25) is 0 Å². The molecule has 1 aromatic carbocycles. The average molecular weight is 320 g/mol. The Balaban J connectivity index is 1.60. The molecule has 0 spiro atoms. The van der Waals surface area contributed by atoms with Gasteiger partial charge < -0.3 is 5.11 Å². The molecule has 0 atom stereocenters. The van der Waals surface area contributed by atoms with Gasteiger partial charge in [-0.3, -0.25) is 4.90 Å². The van der Waals surface area contributed by atoms with E-state index in [1.807, 2.05) is 31.2 Å². The highest BCUT2D eigenvalue weighted by Gasteiger charge is 2.25. The Labute approximate surface area is 141 Å². The molecule has 0 radical (unpaired) electrons. The molecule has 0 saturated heterocycles. The third-order valence-corrected chi connectivity index (χ3v) is 4.43. The smallest absolute Gasteiger partial charge is 0.220 e. The number of aryl methyl sites for hydroxylation is 1. The number of hydrogen-bond donors (Lipinski definition) is 1. The zero-order valence-electron chi connectivity index (χ0n) is 13.7. The van der Waals surface area contributed by atoms with Crippen molar-refractivity contribution in [1.82, 2.24) is 19.7 Å². The van der Waals surface area contributed by atoms with E-state index in [0.717, 1.165) is 36.5 Å². The first-order chi connectivity index (χ1) is 11.7. The van der Waals surface area contributed by atoms with Crippen LogP contribution in [0.15, 0.2) is 48.5 Å². The summed E-state index contributed by atoms with van der Waals surface area (Å²) in [5, 5.41) is 15.2. The fourth-order valence-electron chi connectivity index (χ4n) is 3.20. The molecule has 122 valence electrons. The van der Waals surface area contributed by atoms with E-state index in [1.54, 1.807) is 4.68 Å². The van der Waals surface area contributed by atoms with Gasteiger partial charge in [0, 0.05) is 31.7 Å². The van der Waals surface area contributed by atoms with Gasteiger partial charge in [0.05, 0.1) is 11.3 Å². The second kappa shape index (κ2) is 6.09. The van der Waals surface area contributed by atoms with Crippen LogP contribution < -0.4 is 0 Å². The number of rotatable bonds is 3. The van der Waals surface area contributed by atoms with Gasteiger partial charge in [0.1, 0.15) is 0 Å².